The Kier molecular flexibility index (Phi) is 11.1. The molecule has 0 aromatic rings. The molecular formula is C21H39N5O4. The van der Waals surface area contributed by atoms with Crippen LogP contribution in [-0.2, 0) is 14.4 Å². The van der Waals surface area contributed by atoms with E-state index < -0.39 is 5.97 Å². The molecule has 2 saturated heterocycles. The number of piperazine rings is 1. The van der Waals surface area contributed by atoms with E-state index in [0.717, 1.165) is 58.7 Å². The number of likely N-dealkylation sites (tertiary alicyclic amines) is 1. The minimum Gasteiger partial charge on any atom is -0.481 e. The third-order valence-electron chi connectivity index (χ3n) is 6.02. The third-order valence-corrected chi connectivity index (χ3v) is 6.02. The van der Waals surface area contributed by atoms with Gasteiger partial charge in [-0.05, 0) is 38.8 Å². The minimum atomic E-state index is -0.855. The van der Waals surface area contributed by atoms with E-state index in [0.29, 0.717) is 44.9 Å². The molecule has 0 spiro atoms. The Hall–Kier alpha value is -1.71. The molecule has 0 aliphatic carbocycles. The van der Waals surface area contributed by atoms with Crippen molar-refractivity contribution in [3.63, 3.8) is 0 Å². The summed E-state index contributed by atoms with van der Waals surface area (Å²) in [7, 11) is 0. The summed E-state index contributed by atoms with van der Waals surface area (Å²) in [4.78, 5) is 41.7. The third kappa shape index (κ3) is 9.40. The quantitative estimate of drug-likeness (QED) is 0.211. The summed E-state index contributed by atoms with van der Waals surface area (Å²) in [6, 6.07) is 0.459. The smallest absolute Gasteiger partial charge is 0.303 e. The van der Waals surface area contributed by atoms with Gasteiger partial charge in [0.05, 0.1) is 6.54 Å². The number of aliphatic carboxylic acids is 1. The molecule has 0 saturated carbocycles. The number of carboxylic acid groups (broad SMARTS) is 1. The average Bonchev–Trinajstić information content (AvgIpc) is 3.15. The van der Waals surface area contributed by atoms with E-state index in [9.17, 15) is 14.4 Å². The van der Waals surface area contributed by atoms with Crippen molar-refractivity contribution >= 4 is 17.8 Å². The van der Waals surface area contributed by atoms with E-state index >= 15 is 0 Å². The molecule has 2 amide bonds. The molecule has 1 atom stereocenters. The highest BCUT2D eigenvalue weighted by Gasteiger charge is 2.28. The molecule has 9 nitrogen and oxygen atoms in total. The lowest BCUT2D eigenvalue weighted by Gasteiger charge is -2.37. The van der Waals surface area contributed by atoms with Gasteiger partial charge in [-0.15, -0.1) is 0 Å². The van der Waals surface area contributed by atoms with Crippen molar-refractivity contribution < 1.29 is 19.5 Å². The van der Waals surface area contributed by atoms with Crippen LogP contribution in [0.5, 0.6) is 0 Å². The predicted octanol–water partition coefficient (Wildman–Crippen LogP) is -0.0343. The number of hydrogen-bond acceptors (Lipinski definition) is 6. The number of carboxylic acids is 1. The van der Waals surface area contributed by atoms with Crippen LogP contribution in [0.2, 0.25) is 0 Å². The van der Waals surface area contributed by atoms with Crippen molar-refractivity contribution in [2.75, 3.05) is 65.4 Å². The van der Waals surface area contributed by atoms with Gasteiger partial charge in [-0.25, -0.2) is 0 Å². The van der Waals surface area contributed by atoms with Crippen LogP contribution in [0.1, 0.15) is 45.4 Å². The molecule has 2 fully saturated rings. The van der Waals surface area contributed by atoms with Crippen LogP contribution in [0.25, 0.3) is 0 Å². The predicted molar refractivity (Wildman–Crippen MR) is 115 cm³/mol. The molecule has 0 bridgehead atoms. The van der Waals surface area contributed by atoms with E-state index in [2.05, 4.69) is 32.3 Å². The number of hydrogen-bond donors (Lipinski definition) is 3. The van der Waals surface area contributed by atoms with E-state index in [4.69, 9.17) is 5.11 Å². The normalized spacial score (nSPS) is 20.9. The van der Waals surface area contributed by atoms with Crippen LogP contribution in [0, 0.1) is 0 Å². The van der Waals surface area contributed by atoms with Gasteiger partial charge in [0.15, 0.2) is 0 Å². The molecule has 2 heterocycles. The number of nitrogens with zero attached hydrogens (tertiary/aromatic N) is 3. The molecule has 30 heavy (non-hydrogen) atoms. The van der Waals surface area contributed by atoms with Crippen molar-refractivity contribution in [1.29, 1.82) is 0 Å². The first-order valence-electron chi connectivity index (χ1n) is 11.4. The van der Waals surface area contributed by atoms with Crippen molar-refractivity contribution in [2.24, 2.45) is 0 Å². The number of amides is 2. The lowest BCUT2D eigenvalue weighted by Crippen LogP contribution is -2.51. The lowest BCUT2D eigenvalue weighted by molar-refractivity contribution is -0.137. The standard InChI is InChI=1S/C21H39N5O4/c1-2-24-12-14-25(15-13-24)16-18-6-5-11-26(18)17-20(28)23-9-3-7-19(27)22-10-4-8-21(29)30/h18H,2-17H2,1H3,(H,22,27)(H,23,28)(H,29,30)/i3+1,7+1,9+1,12+1,14+1,16+1,18+1,19+1,21+1,23+1,26+1. The number of likely N-dealkylation sites (N-methyl/N-ethyl adjacent to an activating group) is 1. The summed E-state index contributed by atoms with van der Waals surface area (Å²) < 4.78 is 0. The largest absolute Gasteiger partial charge is 0.481 e. The second kappa shape index (κ2) is 13.6. The molecule has 9 heteroatoms. The van der Waals surface area contributed by atoms with Gasteiger partial charge < -0.3 is 20.6 Å². The fourth-order valence-electron chi connectivity index (χ4n) is 4.17. The van der Waals surface area contributed by atoms with Gasteiger partial charge in [0.1, 0.15) is 0 Å². The summed E-state index contributed by atoms with van der Waals surface area (Å²) in [6.07, 6.45) is 3.72. The van der Waals surface area contributed by atoms with Gasteiger partial charge in [0.2, 0.25) is 11.8 Å². The highest BCUT2D eigenvalue weighted by atomic mass is 16.5. The van der Waals surface area contributed by atoms with Gasteiger partial charge >= 0.3 is 5.97 Å². The molecule has 1 unspecified atom stereocenters. The highest BCUT2D eigenvalue weighted by molar-refractivity contribution is 5.78. The van der Waals surface area contributed by atoms with Crippen molar-refractivity contribution in [3.05, 3.63) is 0 Å². The van der Waals surface area contributed by atoms with Crippen molar-refractivity contribution in [1.82, 2.24) is 25.3 Å². The lowest BCUT2D eigenvalue weighted by atomic mass is 10.4. The van der Waals surface area contributed by atoms with Crippen LogP contribution in [0.3, 0.4) is 0 Å². The minimum absolute atomic E-state index is 0.0274. The summed E-state index contributed by atoms with van der Waals surface area (Å²) in [5.41, 5.74) is 0. The SMILES string of the molecule is CCN1CCN([13CH2][13CH]2CCC[15N]2CC(=O)[15NH][13CH2][13CH2][13CH2][13C](=O)NCCC[13C](=O)O)[13CH2][13CH2]1. The Morgan fingerprint density at radius 3 is 2.20 bits per heavy atom. The molecule has 0 aromatic heterocycles. The maximum Gasteiger partial charge on any atom is 0.303 e. The Balaban J connectivity index is 1.55. The van der Waals surface area contributed by atoms with Crippen molar-refractivity contribution in [3.8, 4) is 0 Å². The van der Waals surface area contributed by atoms with E-state index in [-0.39, 0.29) is 18.2 Å². The summed E-state index contributed by atoms with van der Waals surface area (Å²) >= 11 is 0. The second-order valence-electron chi connectivity index (χ2n) is 8.30. The maximum atomic E-state index is 12.3. The van der Waals surface area contributed by atoms with E-state index in [1.165, 1.54) is 0 Å². The number of carbonyl (C=O) groups excluding carboxylic acids is 2. The van der Waals surface area contributed by atoms with E-state index in [1.54, 1.807) is 0 Å². The van der Waals surface area contributed by atoms with Gasteiger partial charge in [-0.1, -0.05) is 6.92 Å². The molecule has 2 aliphatic rings. The molecule has 172 valence electrons. The zero-order valence-electron chi connectivity index (χ0n) is 18.4. The van der Waals surface area contributed by atoms with Crippen LogP contribution in [-0.4, -0.2) is 109 Å². The van der Waals surface area contributed by atoms with Crippen LogP contribution < -0.4 is 10.6 Å². The fraction of sp³-hybridized carbons (Fsp3) is 0.857. The number of nitrogens with one attached hydrogen (secondary N) is 2. The van der Waals surface area contributed by atoms with Crippen LogP contribution in [0.4, 0.5) is 0 Å². The molecule has 0 aromatic carbocycles. The summed E-state index contributed by atoms with van der Waals surface area (Å²) in [5.74, 6) is -0.928. The Morgan fingerprint density at radius 2 is 1.53 bits per heavy atom. The first kappa shape index (κ1) is 24.6. The van der Waals surface area contributed by atoms with E-state index in [1.807, 2.05) is 0 Å². The van der Waals surface area contributed by atoms with Gasteiger partial charge in [-0.2, -0.15) is 0 Å². The van der Waals surface area contributed by atoms with Gasteiger partial charge in [0.25, 0.3) is 0 Å². The molecular weight excluding hydrogens is 397 g/mol. The Labute approximate surface area is 180 Å². The average molecular weight is 436 g/mol. The monoisotopic (exact) mass is 436 g/mol. The Bertz CT molecular complexity index is 552. The first-order chi connectivity index (χ1) is 14.5. The van der Waals surface area contributed by atoms with Gasteiger partial charge in [-0.3, -0.25) is 24.2 Å². The number of carbonyl (C=O) groups is 3. The van der Waals surface area contributed by atoms with Crippen LogP contribution >= 0.6 is 0 Å². The first-order valence-corrected chi connectivity index (χ1v) is 11.4. The number of rotatable bonds is 13. The summed E-state index contributed by atoms with van der Waals surface area (Å²) in [6.45, 7) is 11.1. The zero-order chi connectivity index (χ0) is 21.8. The van der Waals surface area contributed by atoms with Crippen LogP contribution in [0.15, 0.2) is 0 Å². The molecule has 3 N–H and O–H groups in total. The molecule has 2 rings (SSSR count). The Morgan fingerprint density at radius 1 is 0.900 bits per heavy atom. The van der Waals surface area contributed by atoms with Gasteiger partial charge in [0, 0.05) is 64.7 Å². The topological polar surface area (TPSA) is 105 Å². The zero-order valence-corrected chi connectivity index (χ0v) is 18.4. The molecule has 2 aliphatic heterocycles. The molecule has 0 radical (unpaired) electrons. The summed E-state index contributed by atoms with van der Waals surface area (Å²) in [5, 5.41) is 14.2. The highest BCUT2D eigenvalue weighted by Crippen LogP contribution is 2.18. The second-order valence-corrected chi connectivity index (χ2v) is 8.30. The van der Waals surface area contributed by atoms with Crippen molar-refractivity contribution in [2.45, 2.75) is 51.5 Å². The maximum absolute atomic E-state index is 12.3. The fourth-order valence-corrected chi connectivity index (χ4v) is 4.17.